The van der Waals surface area contributed by atoms with Crippen LogP contribution in [-0.4, -0.2) is 23.0 Å². The monoisotopic (exact) mass is 289 g/mol. The van der Waals surface area contributed by atoms with Crippen molar-refractivity contribution >= 4 is 11.6 Å². The molecule has 0 radical (unpaired) electrons. The molecule has 0 atom stereocenters. The van der Waals surface area contributed by atoms with Gasteiger partial charge in [-0.3, -0.25) is 9.88 Å². The van der Waals surface area contributed by atoms with Crippen LogP contribution in [-0.2, 0) is 13.1 Å². The summed E-state index contributed by atoms with van der Waals surface area (Å²) in [4.78, 5) is 6.39. The molecule has 106 valence electrons. The van der Waals surface area contributed by atoms with Crippen molar-refractivity contribution in [3.8, 4) is 0 Å². The molecule has 0 fully saturated rings. The molecule has 2 aromatic rings. The van der Waals surface area contributed by atoms with E-state index in [-0.39, 0.29) is 0 Å². The lowest BCUT2D eigenvalue weighted by Crippen LogP contribution is -2.25. The highest BCUT2D eigenvalue weighted by molar-refractivity contribution is 6.31. The van der Waals surface area contributed by atoms with Gasteiger partial charge in [-0.05, 0) is 30.2 Å². The quantitative estimate of drug-likeness (QED) is 0.852. The van der Waals surface area contributed by atoms with Gasteiger partial charge in [-0.1, -0.05) is 41.9 Å². The highest BCUT2D eigenvalue weighted by Crippen LogP contribution is 2.17. The first kappa shape index (κ1) is 15.0. The molecule has 2 rings (SSSR count). The summed E-state index contributed by atoms with van der Waals surface area (Å²) in [5.74, 6) is 0. The Morgan fingerprint density at radius 1 is 1.10 bits per heavy atom. The average Bonchev–Trinajstić information content (AvgIpc) is 2.48. The number of halogens is 1. The van der Waals surface area contributed by atoms with Crippen molar-refractivity contribution in [1.82, 2.24) is 9.88 Å². The van der Waals surface area contributed by atoms with Crippen LogP contribution in [0.5, 0.6) is 0 Å². The predicted octanol–water partition coefficient (Wildman–Crippen LogP) is 3.09. The van der Waals surface area contributed by atoms with Gasteiger partial charge in [-0.2, -0.15) is 0 Å². The molecule has 0 aliphatic rings. The summed E-state index contributed by atoms with van der Waals surface area (Å²) in [6.07, 6.45) is 4.46. The first-order valence-corrected chi connectivity index (χ1v) is 7.22. The molecule has 0 spiro atoms. The molecule has 1 heterocycles. The van der Waals surface area contributed by atoms with Crippen molar-refractivity contribution < 1.29 is 0 Å². The normalized spacial score (nSPS) is 10.9. The Labute approximate surface area is 125 Å². The summed E-state index contributed by atoms with van der Waals surface area (Å²) in [5.41, 5.74) is 8.04. The number of hydrogen-bond acceptors (Lipinski definition) is 3. The maximum Gasteiger partial charge on any atom is 0.0634 e. The van der Waals surface area contributed by atoms with Crippen LogP contribution in [0, 0.1) is 0 Å². The topological polar surface area (TPSA) is 42.1 Å². The molecule has 0 unspecified atom stereocenters. The Morgan fingerprint density at radius 2 is 1.90 bits per heavy atom. The third kappa shape index (κ3) is 4.60. The van der Waals surface area contributed by atoms with Crippen molar-refractivity contribution in [3.63, 3.8) is 0 Å². The van der Waals surface area contributed by atoms with E-state index in [9.17, 15) is 0 Å². The molecule has 20 heavy (non-hydrogen) atoms. The molecule has 0 aliphatic heterocycles. The van der Waals surface area contributed by atoms with E-state index in [1.54, 1.807) is 12.4 Å². The van der Waals surface area contributed by atoms with E-state index in [0.717, 1.165) is 36.6 Å². The summed E-state index contributed by atoms with van der Waals surface area (Å²) in [7, 11) is 0. The van der Waals surface area contributed by atoms with E-state index in [4.69, 9.17) is 17.3 Å². The molecular weight excluding hydrogens is 270 g/mol. The van der Waals surface area contributed by atoms with Gasteiger partial charge in [0, 0.05) is 32.0 Å². The Kier molecular flexibility index (Phi) is 5.99. The molecule has 0 saturated heterocycles. The zero-order chi connectivity index (χ0) is 14.2. The van der Waals surface area contributed by atoms with Crippen LogP contribution in [0.4, 0.5) is 0 Å². The predicted molar refractivity (Wildman–Crippen MR) is 83.5 cm³/mol. The molecule has 0 saturated carbocycles. The number of nitrogens with two attached hydrogens (primary N) is 1. The molecule has 2 N–H and O–H groups in total. The minimum Gasteiger partial charge on any atom is -0.330 e. The highest BCUT2D eigenvalue weighted by atomic mass is 35.5. The molecule has 0 bridgehead atoms. The van der Waals surface area contributed by atoms with Crippen LogP contribution in [0.3, 0.4) is 0 Å². The minimum atomic E-state index is 0.704. The lowest BCUT2D eigenvalue weighted by molar-refractivity contribution is 0.255. The summed E-state index contributed by atoms with van der Waals surface area (Å²) in [5, 5.41) is 0.721. The fraction of sp³-hybridized carbons (Fsp3) is 0.312. The second kappa shape index (κ2) is 8.00. The summed E-state index contributed by atoms with van der Waals surface area (Å²) < 4.78 is 0. The fourth-order valence-electron chi connectivity index (χ4n) is 2.14. The lowest BCUT2D eigenvalue weighted by atomic mass is 10.2. The largest absolute Gasteiger partial charge is 0.330 e. The van der Waals surface area contributed by atoms with Crippen molar-refractivity contribution in [1.29, 1.82) is 0 Å². The zero-order valence-corrected chi connectivity index (χ0v) is 12.3. The van der Waals surface area contributed by atoms with Crippen molar-refractivity contribution in [2.24, 2.45) is 5.73 Å². The third-order valence-electron chi connectivity index (χ3n) is 3.18. The van der Waals surface area contributed by atoms with E-state index in [1.165, 1.54) is 5.56 Å². The maximum absolute atomic E-state index is 6.19. The van der Waals surface area contributed by atoms with Gasteiger partial charge in [0.1, 0.15) is 0 Å². The standard InChI is InChI=1S/C16H20ClN3/c17-16-11-19-9-7-15(16)13-20(10-4-8-18)12-14-5-2-1-3-6-14/h1-3,5-7,9,11H,4,8,10,12-13,18H2. The average molecular weight is 290 g/mol. The van der Waals surface area contributed by atoms with Gasteiger partial charge in [0.2, 0.25) is 0 Å². The van der Waals surface area contributed by atoms with Gasteiger partial charge in [0.25, 0.3) is 0 Å². The second-order valence-corrected chi connectivity index (χ2v) is 5.21. The smallest absolute Gasteiger partial charge is 0.0634 e. The van der Waals surface area contributed by atoms with Crippen molar-refractivity contribution in [2.75, 3.05) is 13.1 Å². The van der Waals surface area contributed by atoms with Crippen LogP contribution < -0.4 is 5.73 Å². The van der Waals surface area contributed by atoms with Crippen LogP contribution in [0.1, 0.15) is 17.5 Å². The molecule has 1 aromatic carbocycles. The SMILES string of the molecule is NCCCN(Cc1ccccc1)Cc1ccncc1Cl. The highest BCUT2D eigenvalue weighted by Gasteiger charge is 2.09. The number of nitrogens with zero attached hydrogens (tertiary/aromatic N) is 2. The number of rotatable bonds is 7. The molecule has 0 aliphatic carbocycles. The van der Waals surface area contributed by atoms with Gasteiger partial charge >= 0.3 is 0 Å². The van der Waals surface area contributed by atoms with Crippen LogP contribution in [0.2, 0.25) is 5.02 Å². The number of hydrogen-bond donors (Lipinski definition) is 1. The van der Waals surface area contributed by atoms with Gasteiger partial charge in [0.15, 0.2) is 0 Å². The molecular formula is C16H20ClN3. The molecule has 3 nitrogen and oxygen atoms in total. The molecule has 0 amide bonds. The van der Waals surface area contributed by atoms with Gasteiger partial charge in [0.05, 0.1) is 5.02 Å². The number of pyridine rings is 1. The maximum atomic E-state index is 6.19. The van der Waals surface area contributed by atoms with Crippen LogP contribution in [0.15, 0.2) is 48.8 Å². The fourth-order valence-corrected chi connectivity index (χ4v) is 2.32. The van der Waals surface area contributed by atoms with Crippen molar-refractivity contribution in [2.45, 2.75) is 19.5 Å². The second-order valence-electron chi connectivity index (χ2n) is 4.81. The number of aromatic nitrogens is 1. The zero-order valence-electron chi connectivity index (χ0n) is 11.5. The Balaban J connectivity index is 2.05. The minimum absolute atomic E-state index is 0.704. The van der Waals surface area contributed by atoms with E-state index in [2.05, 4.69) is 34.1 Å². The Hall–Kier alpha value is -1.42. The molecule has 4 heteroatoms. The first-order chi connectivity index (χ1) is 9.79. The van der Waals surface area contributed by atoms with Gasteiger partial charge in [-0.25, -0.2) is 0 Å². The Morgan fingerprint density at radius 3 is 2.60 bits per heavy atom. The summed E-state index contributed by atoms with van der Waals surface area (Å²) in [6, 6.07) is 12.4. The lowest BCUT2D eigenvalue weighted by Gasteiger charge is -2.22. The molecule has 1 aromatic heterocycles. The van der Waals surface area contributed by atoms with Crippen molar-refractivity contribution in [3.05, 3.63) is 64.9 Å². The van der Waals surface area contributed by atoms with E-state index in [1.807, 2.05) is 12.1 Å². The summed E-state index contributed by atoms with van der Waals surface area (Å²) >= 11 is 6.19. The third-order valence-corrected chi connectivity index (χ3v) is 3.52. The Bertz CT molecular complexity index is 516. The first-order valence-electron chi connectivity index (χ1n) is 6.84. The van der Waals surface area contributed by atoms with E-state index < -0.39 is 0 Å². The summed E-state index contributed by atoms with van der Waals surface area (Å²) in [6.45, 7) is 3.38. The van der Waals surface area contributed by atoms with E-state index >= 15 is 0 Å². The van der Waals surface area contributed by atoms with E-state index in [0.29, 0.717) is 6.54 Å². The van der Waals surface area contributed by atoms with Crippen LogP contribution >= 0.6 is 11.6 Å². The number of benzene rings is 1. The van der Waals surface area contributed by atoms with Gasteiger partial charge in [-0.15, -0.1) is 0 Å². The van der Waals surface area contributed by atoms with Crippen LogP contribution in [0.25, 0.3) is 0 Å². The van der Waals surface area contributed by atoms with Gasteiger partial charge < -0.3 is 5.73 Å².